The quantitative estimate of drug-likeness (QED) is 0.179. The number of para-hydroxylation sites is 6. The second kappa shape index (κ2) is 12.1. The van der Waals surface area contributed by atoms with E-state index in [1.54, 1.807) is 0 Å². The summed E-state index contributed by atoms with van der Waals surface area (Å²) >= 11 is 0. The average Bonchev–Trinajstić information content (AvgIpc) is 3.92. The second-order valence-electron chi connectivity index (χ2n) is 16.1. The maximum absolute atomic E-state index is 5.56. The lowest BCUT2D eigenvalue weighted by atomic mass is 9.94. The number of rotatable bonds is 3. The van der Waals surface area contributed by atoms with E-state index >= 15 is 0 Å². The molecule has 1 aliphatic rings. The van der Waals surface area contributed by atoms with Crippen LogP contribution in [0.15, 0.2) is 200 Å². The van der Waals surface area contributed by atoms with Gasteiger partial charge in [-0.2, -0.15) is 0 Å². The summed E-state index contributed by atoms with van der Waals surface area (Å²) in [4.78, 5) is 10.9. The highest BCUT2D eigenvalue weighted by Crippen LogP contribution is 2.48. The Hall–Kier alpha value is -8.28. The van der Waals surface area contributed by atoms with Gasteiger partial charge in [0.2, 0.25) is 5.95 Å². The maximum Gasteiger partial charge on any atom is 0.235 e. The van der Waals surface area contributed by atoms with Crippen molar-refractivity contribution in [2.24, 2.45) is 0 Å². The predicted molar refractivity (Wildman–Crippen MR) is 252 cm³/mol. The first kappa shape index (κ1) is 32.7. The zero-order valence-corrected chi connectivity index (χ0v) is 32.8. The van der Waals surface area contributed by atoms with Gasteiger partial charge >= 0.3 is 0 Å². The standard InChI is InChI=1S/C56H33N5/c1-2-15-35(16-3-1)59-48-26-11-8-20-39(48)44-31-34(29-30-51(44)59)54-43-22-6-10-25-47(43)57-56(58-54)61-50-28-13-9-21-40(50)45-32-52-46(33-53(45)61)42-24-14-23-41-37-18-5-4-17-36(37)38-19-7-12-27-49(38)60(52)55(41)42/h1-33H. The van der Waals surface area contributed by atoms with Gasteiger partial charge in [0.25, 0.3) is 0 Å². The third kappa shape index (κ3) is 4.44. The Morgan fingerprint density at radius 2 is 0.869 bits per heavy atom. The van der Waals surface area contributed by atoms with E-state index in [9.17, 15) is 0 Å². The van der Waals surface area contributed by atoms with Crippen molar-refractivity contribution < 1.29 is 0 Å². The third-order valence-corrected chi connectivity index (χ3v) is 13.0. The summed E-state index contributed by atoms with van der Waals surface area (Å²) in [5.74, 6) is 0.649. The van der Waals surface area contributed by atoms with Crippen LogP contribution in [0.5, 0.6) is 0 Å². The molecule has 0 N–H and O–H groups in total. The van der Waals surface area contributed by atoms with E-state index in [4.69, 9.17) is 9.97 Å². The summed E-state index contributed by atoms with van der Waals surface area (Å²) in [5.41, 5.74) is 17.1. The average molecular weight is 776 g/mol. The smallest absolute Gasteiger partial charge is 0.235 e. The van der Waals surface area contributed by atoms with Crippen LogP contribution in [0.2, 0.25) is 0 Å². The SMILES string of the molecule is c1ccc(-n2c3ccccc3c3cc(-c4nc(-n5c6ccccc6c6cc7c(cc65)c5cccc6c5n7-c5ccccc5-c5ccccc5-6)nc5ccccc45)ccc32)cc1. The van der Waals surface area contributed by atoms with E-state index in [0.29, 0.717) is 5.95 Å². The molecular formula is C56H33N5. The summed E-state index contributed by atoms with van der Waals surface area (Å²) < 4.78 is 7.13. The lowest BCUT2D eigenvalue weighted by Gasteiger charge is -2.13. The summed E-state index contributed by atoms with van der Waals surface area (Å²) in [6, 6.07) is 72.4. The fourth-order valence-electron chi connectivity index (χ4n) is 10.4. The van der Waals surface area contributed by atoms with E-state index in [2.05, 4.69) is 214 Å². The van der Waals surface area contributed by atoms with E-state index < -0.39 is 0 Å². The molecule has 0 amide bonds. The Labute approximate surface area is 349 Å². The molecule has 0 radical (unpaired) electrons. The van der Waals surface area contributed by atoms with Gasteiger partial charge in [0, 0.05) is 60.1 Å². The van der Waals surface area contributed by atoms with Crippen LogP contribution in [0.1, 0.15) is 0 Å². The van der Waals surface area contributed by atoms with Crippen LogP contribution < -0.4 is 0 Å². The Kier molecular flexibility index (Phi) is 6.49. The van der Waals surface area contributed by atoms with Crippen molar-refractivity contribution in [3.8, 4) is 50.8 Å². The first-order valence-corrected chi connectivity index (χ1v) is 20.8. The van der Waals surface area contributed by atoms with Crippen molar-refractivity contribution >= 4 is 76.3 Å². The van der Waals surface area contributed by atoms with Gasteiger partial charge in [0.1, 0.15) is 0 Å². The van der Waals surface area contributed by atoms with Gasteiger partial charge in [-0.3, -0.25) is 4.57 Å². The van der Waals surface area contributed by atoms with Crippen LogP contribution >= 0.6 is 0 Å². The first-order chi connectivity index (χ1) is 30.3. The fraction of sp³-hybridized carbons (Fsp3) is 0. The molecule has 5 heterocycles. The molecule has 0 saturated carbocycles. The van der Waals surface area contributed by atoms with E-state index in [1.807, 2.05) is 0 Å². The molecule has 61 heavy (non-hydrogen) atoms. The number of benzene rings is 9. The minimum absolute atomic E-state index is 0.649. The van der Waals surface area contributed by atoms with Crippen molar-refractivity contribution in [2.75, 3.05) is 0 Å². The van der Waals surface area contributed by atoms with E-state index in [-0.39, 0.29) is 0 Å². The molecule has 4 aromatic heterocycles. The van der Waals surface area contributed by atoms with Crippen molar-refractivity contribution in [2.45, 2.75) is 0 Å². The number of hydrogen-bond acceptors (Lipinski definition) is 2. The molecule has 5 nitrogen and oxygen atoms in total. The molecular weight excluding hydrogens is 743 g/mol. The lowest BCUT2D eigenvalue weighted by Crippen LogP contribution is -2.03. The molecule has 1 aliphatic heterocycles. The van der Waals surface area contributed by atoms with Gasteiger partial charge < -0.3 is 9.13 Å². The molecule has 5 heteroatoms. The van der Waals surface area contributed by atoms with E-state index in [0.717, 1.165) is 55.2 Å². The monoisotopic (exact) mass is 775 g/mol. The molecule has 0 atom stereocenters. The molecule has 0 fully saturated rings. The largest absolute Gasteiger partial charge is 0.309 e. The number of fused-ring (bicyclic) bond motifs is 15. The van der Waals surface area contributed by atoms with Crippen molar-refractivity contribution in [1.82, 2.24) is 23.7 Å². The summed E-state index contributed by atoms with van der Waals surface area (Å²) in [6.07, 6.45) is 0. The van der Waals surface area contributed by atoms with E-state index in [1.165, 1.54) is 66.0 Å². The first-order valence-electron chi connectivity index (χ1n) is 20.8. The van der Waals surface area contributed by atoms with Gasteiger partial charge in [-0.1, -0.05) is 140 Å². The molecule has 0 spiro atoms. The molecule has 0 aliphatic carbocycles. The van der Waals surface area contributed by atoms with Crippen molar-refractivity contribution in [3.05, 3.63) is 200 Å². The second-order valence-corrected chi connectivity index (χ2v) is 16.1. The Morgan fingerprint density at radius 1 is 0.311 bits per heavy atom. The minimum Gasteiger partial charge on any atom is -0.309 e. The highest BCUT2D eigenvalue weighted by Gasteiger charge is 2.26. The number of aromatic nitrogens is 5. The van der Waals surface area contributed by atoms with Gasteiger partial charge in [-0.25, -0.2) is 9.97 Å². The number of hydrogen-bond donors (Lipinski definition) is 0. The van der Waals surface area contributed by atoms with Gasteiger partial charge in [0.05, 0.1) is 50.0 Å². The zero-order valence-electron chi connectivity index (χ0n) is 32.8. The van der Waals surface area contributed by atoms with Crippen LogP contribution in [0.3, 0.4) is 0 Å². The maximum atomic E-state index is 5.56. The zero-order chi connectivity index (χ0) is 39.8. The van der Waals surface area contributed by atoms with Gasteiger partial charge in [-0.15, -0.1) is 0 Å². The molecule has 0 unspecified atom stereocenters. The summed E-state index contributed by atoms with van der Waals surface area (Å²) in [7, 11) is 0. The summed E-state index contributed by atoms with van der Waals surface area (Å²) in [6.45, 7) is 0. The van der Waals surface area contributed by atoms with Crippen LogP contribution in [-0.2, 0) is 0 Å². The van der Waals surface area contributed by atoms with Crippen molar-refractivity contribution in [1.29, 1.82) is 0 Å². The van der Waals surface area contributed by atoms with Crippen LogP contribution in [-0.4, -0.2) is 23.7 Å². The Morgan fingerprint density at radius 3 is 1.67 bits per heavy atom. The summed E-state index contributed by atoms with van der Waals surface area (Å²) in [5, 5.41) is 8.16. The fourth-order valence-corrected chi connectivity index (χ4v) is 10.4. The third-order valence-electron chi connectivity index (χ3n) is 13.0. The van der Waals surface area contributed by atoms with Gasteiger partial charge in [-0.05, 0) is 71.8 Å². The molecule has 0 saturated heterocycles. The highest BCUT2D eigenvalue weighted by molar-refractivity contribution is 6.22. The topological polar surface area (TPSA) is 40.6 Å². The molecule has 14 rings (SSSR count). The molecule has 282 valence electrons. The highest BCUT2D eigenvalue weighted by atomic mass is 15.2. The Balaban J connectivity index is 1.05. The Bertz CT molecular complexity index is 4000. The molecule has 13 aromatic rings. The lowest BCUT2D eigenvalue weighted by molar-refractivity contribution is 1.01. The molecule has 9 aromatic carbocycles. The van der Waals surface area contributed by atoms with Crippen LogP contribution in [0, 0.1) is 0 Å². The number of nitrogens with zero attached hydrogens (tertiary/aromatic N) is 5. The van der Waals surface area contributed by atoms with Gasteiger partial charge in [0.15, 0.2) is 0 Å². The molecule has 0 bridgehead atoms. The normalized spacial score (nSPS) is 12.3. The predicted octanol–water partition coefficient (Wildman–Crippen LogP) is 14.2. The minimum atomic E-state index is 0.649. The van der Waals surface area contributed by atoms with Crippen molar-refractivity contribution in [3.63, 3.8) is 0 Å². The van der Waals surface area contributed by atoms with Crippen LogP contribution in [0.4, 0.5) is 0 Å². The van der Waals surface area contributed by atoms with Crippen LogP contribution in [0.25, 0.3) is 127 Å².